The van der Waals surface area contributed by atoms with E-state index in [1.165, 1.54) is 58.0 Å². The van der Waals surface area contributed by atoms with Gasteiger partial charge in [-0.25, -0.2) is 0 Å². The van der Waals surface area contributed by atoms with Crippen molar-refractivity contribution in [3.63, 3.8) is 0 Å². The molecule has 1 aliphatic heterocycles. The molecule has 3 unspecified atom stereocenters. The van der Waals surface area contributed by atoms with E-state index < -0.39 is 19.5 Å². The fourth-order valence-electron chi connectivity index (χ4n) is 2.78. The molecule has 0 spiro atoms. The van der Waals surface area contributed by atoms with Gasteiger partial charge < -0.3 is 4.90 Å². The van der Waals surface area contributed by atoms with Crippen molar-refractivity contribution in [2.45, 2.75) is 71.8 Å². The molecule has 1 N–H and O–H groups in total. The van der Waals surface area contributed by atoms with Crippen LogP contribution >= 0.6 is 0 Å². The van der Waals surface area contributed by atoms with Crippen LogP contribution in [-0.4, -0.2) is 38.6 Å². The Morgan fingerprint density at radius 1 is 0.864 bits per heavy atom. The molecule has 1 heterocycles. The number of hydrogen-bond donors (Lipinski definition) is 1. The monoisotopic (exact) mass is 447 g/mol. The molecule has 1 aliphatic rings. The van der Waals surface area contributed by atoms with E-state index in [1.54, 1.807) is 0 Å². The first-order valence-corrected chi connectivity index (χ1v) is 13.9. The molecule has 0 aromatic heterocycles. The first-order valence-electron chi connectivity index (χ1n) is 8.11. The van der Waals surface area contributed by atoms with Gasteiger partial charge in [-0.05, 0) is 19.8 Å². The van der Waals surface area contributed by atoms with Gasteiger partial charge in [-0.1, -0.05) is 39.5 Å². The van der Waals surface area contributed by atoms with Crippen LogP contribution in [0.2, 0.25) is 0 Å². The van der Waals surface area contributed by atoms with Crippen molar-refractivity contribution >= 4 is 19.5 Å². The number of unbranched alkanes of at least 4 members (excludes halogenated alkanes) is 5. The number of likely N-dealkylation sites (tertiary alicyclic amines) is 1. The van der Waals surface area contributed by atoms with Crippen molar-refractivity contribution < 1.29 is 21.8 Å². The van der Waals surface area contributed by atoms with Gasteiger partial charge in [0.25, 0.3) is 0 Å². The Kier molecular flexibility index (Phi) is 8.08. The van der Waals surface area contributed by atoms with E-state index >= 15 is 0 Å². The zero-order chi connectivity index (χ0) is 17.5. The Bertz CT molecular complexity index is 304. The molecule has 8 heteroatoms. The predicted octanol–water partition coefficient (Wildman–Crippen LogP) is 4.80. The fourth-order valence-corrected chi connectivity index (χ4v) is 2.78. The molecule has 0 amide bonds. The standard InChI is InChI=1S/C14H29N.6FH.Sb/c1-4-5-6-7-8-9-11-15-12-10-13(2)14(15)3;;;;;;;/h13-14H,4-12H2,1-3H3;6*1H;/q;;;;;;;+5/p-5. The van der Waals surface area contributed by atoms with Crippen LogP contribution in [0.25, 0.3) is 0 Å². The van der Waals surface area contributed by atoms with Crippen molar-refractivity contribution in [2.24, 2.45) is 5.92 Å². The third-order valence-electron chi connectivity index (χ3n) is 4.27. The van der Waals surface area contributed by atoms with Gasteiger partial charge in [0, 0.05) is 12.3 Å². The zero-order valence-corrected chi connectivity index (χ0v) is 16.3. The number of hydrogen-bond acceptors (Lipinski definition) is 0. The predicted molar refractivity (Wildman–Crippen MR) is 79.7 cm³/mol. The fraction of sp³-hybridized carbons (Fsp3) is 1.00. The number of nitrogens with one attached hydrogen (secondary N) is 1. The molecule has 1 rings (SSSR count). The normalized spacial score (nSPS) is 28.5. The molecule has 1 saturated heterocycles. The summed E-state index contributed by atoms with van der Waals surface area (Å²) in [7, 11) is 0. The van der Waals surface area contributed by atoms with Crippen molar-refractivity contribution in [3.8, 4) is 0 Å². The van der Waals surface area contributed by atoms with E-state index in [-0.39, 0.29) is 0 Å². The van der Waals surface area contributed by atoms with Gasteiger partial charge in [-0.3, -0.25) is 0 Å². The Balaban J connectivity index is 0.000000534. The van der Waals surface area contributed by atoms with Crippen molar-refractivity contribution in [3.05, 3.63) is 0 Å². The summed E-state index contributed by atoms with van der Waals surface area (Å²) in [4.78, 5) is 1.87. The van der Waals surface area contributed by atoms with Crippen LogP contribution in [0.15, 0.2) is 0 Å². The summed E-state index contributed by atoms with van der Waals surface area (Å²) in [5.74, 6) is 0.958. The molecule has 0 aromatic rings. The summed E-state index contributed by atoms with van der Waals surface area (Å²) in [5.41, 5.74) is 0. The third kappa shape index (κ3) is 16.7. The van der Waals surface area contributed by atoms with E-state index in [1.807, 2.05) is 4.90 Å². The molecule has 0 bridgehead atoms. The molecule has 138 valence electrons. The Morgan fingerprint density at radius 3 is 1.73 bits per heavy atom. The summed E-state index contributed by atoms with van der Waals surface area (Å²) in [6, 6.07) is 0.917. The second-order valence-electron chi connectivity index (χ2n) is 6.44. The number of rotatable bonds is 7. The van der Waals surface area contributed by atoms with Gasteiger partial charge in [-0.2, -0.15) is 0 Å². The molecule has 1 fully saturated rings. The Hall–Kier alpha value is 0.358. The summed E-state index contributed by atoms with van der Waals surface area (Å²) >= 11 is -11.2. The molecule has 22 heavy (non-hydrogen) atoms. The molecule has 0 radical (unpaired) electrons. The summed E-state index contributed by atoms with van der Waals surface area (Å²) in [6.45, 7) is 10.00. The van der Waals surface area contributed by atoms with Crippen LogP contribution in [0.3, 0.4) is 0 Å². The molecule has 0 aliphatic carbocycles. The van der Waals surface area contributed by atoms with E-state index in [0.29, 0.717) is 0 Å². The average Bonchev–Trinajstić information content (AvgIpc) is 2.61. The summed E-state index contributed by atoms with van der Waals surface area (Å²) in [5, 5.41) is 0. The topological polar surface area (TPSA) is 4.44 Å². The van der Waals surface area contributed by atoms with Crippen LogP contribution in [0, 0.1) is 5.92 Å². The van der Waals surface area contributed by atoms with Crippen LogP contribution in [-0.2, 0) is 0 Å². The van der Waals surface area contributed by atoms with Gasteiger partial charge in [0.1, 0.15) is 0 Å². The van der Waals surface area contributed by atoms with Crippen molar-refractivity contribution in [1.29, 1.82) is 0 Å². The number of halogens is 6. The summed E-state index contributed by atoms with van der Waals surface area (Å²) < 4.78 is 59.6. The van der Waals surface area contributed by atoms with E-state index in [0.717, 1.165) is 12.0 Å². The minimum absolute atomic E-state index is 0.917. The van der Waals surface area contributed by atoms with Crippen LogP contribution < -0.4 is 4.90 Å². The van der Waals surface area contributed by atoms with Crippen LogP contribution in [0.1, 0.15) is 65.7 Å². The van der Waals surface area contributed by atoms with Crippen LogP contribution in [0.4, 0.5) is 16.9 Å². The SMILES string of the molecule is CCCCCCCC[NH+]1CCC(C)C1C.[F][Sb-]([F])([F])([F])([F])[F]. The average molecular weight is 448 g/mol. The molecule has 1 nitrogen and oxygen atoms in total. The molecule has 3 atom stereocenters. The van der Waals surface area contributed by atoms with Crippen molar-refractivity contribution in [2.75, 3.05) is 13.1 Å². The summed E-state index contributed by atoms with van der Waals surface area (Å²) in [6.07, 6.45) is 10.1. The van der Waals surface area contributed by atoms with Crippen LogP contribution in [0.5, 0.6) is 0 Å². The minimum atomic E-state index is -11.2. The van der Waals surface area contributed by atoms with Gasteiger partial charge in [0.2, 0.25) is 0 Å². The zero-order valence-electron chi connectivity index (χ0n) is 13.7. The van der Waals surface area contributed by atoms with E-state index in [2.05, 4.69) is 20.8 Å². The molecular formula is C14H30F6NSb. The maximum atomic E-state index is 9.93. The van der Waals surface area contributed by atoms with Gasteiger partial charge in [-0.15, -0.1) is 0 Å². The molecular weight excluding hydrogens is 418 g/mol. The molecule has 0 aromatic carbocycles. The Labute approximate surface area is 132 Å². The Morgan fingerprint density at radius 2 is 1.32 bits per heavy atom. The third-order valence-corrected chi connectivity index (χ3v) is 4.27. The van der Waals surface area contributed by atoms with Gasteiger partial charge in [0.05, 0.1) is 19.1 Å². The second-order valence-corrected chi connectivity index (χ2v) is 11.9. The maximum absolute atomic E-state index is 11.2. The van der Waals surface area contributed by atoms with Gasteiger partial charge >= 0.3 is 36.4 Å². The van der Waals surface area contributed by atoms with Crippen molar-refractivity contribution in [1.82, 2.24) is 0 Å². The first-order chi connectivity index (χ1) is 9.70. The first kappa shape index (κ1) is 22.4. The second kappa shape index (κ2) is 7.95. The number of quaternary nitrogens is 1. The van der Waals surface area contributed by atoms with Gasteiger partial charge in [0.15, 0.2) is 0 Å². The van der Waals surface area contributed by atoms with E-state index in [9.17, 15) is 16.9 Å². The van der Waals surface area contributed by atoms with E-state index in [4.69, 9.17) is 0 Å². The molecule has 0 saturated carbocycles. The quantitative estimate of drug-likeness (QED) is 0.325.